The molecule has 0 atom stereocenters. The Morgan fingerprint density at radius 1 is 0.958 bits per heavy atom. The summed E-state index contributed by atoms with van der Waals surface area (Å²) in [4.78, 5) is 12.0. The number of carbonyl (C=O) groups is 1. The standard InChI is InChI=1S/C22H24O2/c1-22(2,3)19-15-13-17(14-16-19)9-8-12-20(21(23)24-4)18-10-6-5-7-11-18/h5-16H,1-4H3/b9-8+,20-12+. The highest BCUT2D eigenvalue weighted by Crippen LogP contribution is 2.22. The summed E-state index contributed by atoms with van der Waals surface area (Å²) in [7, 11) is 1.40. The molecule has 24 heavy (non-hydrogen) atoms. The first-order chi connectivity index (χ1) is 11.4. The normalized spacial score (nSPS) is 12.4. The first-order valence-electron chi connectivity index (χ1n) is 8.04. The van der Waals surface area contributed by atoms with Crippen LogP contribution in [0, 0.1) is 0 Å². The molecule has 2 rings (SSSR count). The minimum absolute atomic E-state index is 0.146. The predicted molar refractivity (Wildman–Crippen MR) is 101 cm³/mol. The number of allylic oxidation sites excluding steroid dienone is 2. The third-order valence-corrected chi connectivity index (χ3v) is 3.82. The number of benzene rings is 2. The number of rotatable bonds is 4. The maximum Gasteiger partial charge on any atom is 0.338 e. The van der Waals surface area contributed by atoms with Crippen molar-refractivity contribution in [1.29, 1.82) is 0 Å². The van der Waals surface area contributed by atoms with Crippen LogP contribution >= 0.6 is 0 Å². The number of hydrogen-bond donors (Lipinski definition) is 0. The Labute approximate surface area is 144 Å². The molecular weight excluding hydrogens is 296 g/mol. The molecule has 2 aromatic carbocycles. The summed E-state index contributed by atoms with van der Waals surface area (Å²) < 4.78 is 4.88. The van der Waals surface area contributed by atoms with E-state index in [0.717, 1.165) is 11.1 Å². The number of carbonyl (C=O) groups excluding carboxylic acids is 1. The van der Waals surface area contributed by atoms with Gasteiger partial charge in [0.15, 0.2) is 0 Å². The summed E-state index contributed by atoms with van der Waals surface area (Å²) in [5.74, 6) is -0.339. The third kappa shape index (κ3) is 4.69. The molecule has 0 fully saturated rings. The maximum absolute atomic E-state index is 12.0. The molecule has 2 heteroatoms. The predicted octanol–water partition coefficient (Wildman–Crippen LogP) is 5.25. The molecule has 0 spiro atoms. The van der Waals surface area contributed by atoms with E-state index < -0.39 is 0 Å². The second-order valence-electron chi connectivity index (χ2n) is 6.67. The van der Waals surface area contributed by atoms with Gasteiger partial charge in [-0.15, -0.1) is 0 Å². The molecular formula is C22H24O2. The molecule has 0 heterocycles. The van der Waals surface area contributed by atoms with E-state index in [2.05, 4.69) is 45.0 Å². The van der Waals surface area contributed by atoms with Crippen molar-refractivity contribution in [3.05, 3.63) is 83.4 Å². The van der Waals surface area contributed by atoms with Crippen molar-refractivity contribution < 1.29 is 9.53 Å². The summed E-state index contributed by atoms with van der Waals surface area (Å²) in [6, 6.07) is 18.0. The van der Waals surface area contributed by atoms with Crippen molar-refractivity contribution in [3.8, 4) is 0 Å². The maximum atomic E-state index is 12.0. The van der Waals surface area contributed by atoms with Gasteiger partial charge in [0, 0.05) is 0 Å². The van der Waals surface area contributed by atoms with Crippen molar-refractivity contribution in [2.75, 3.05) is 7.11 Å². The van der Waals surface area contributed by atoms with E-state index in [1.54, 1.807) is 6.08 Å². The van der Waals surface area contributed by atoms with E-state index in [1.165, 1.54) is 12.7 Å². The molecule has 0 saturated carbocycles. The van der Waals surface area contributed by atoms with Crippen molar-refractivity contribution in [2.24, 2.45) is 0 Å². The van der Waals surface area contributed by atoms with Gasteiger partial charge in [-0.1, -0.05) is 87.5 Å². The molecule has 0 aromatic heterocycles. The van der Waals surface area contributed by atoms with E-state index in [0.29, 0.717) is 5.57 Å². The molecule has 124 valence electrons. The summed E-state index contributed by atoms with van der Waals surface area (Å²) in [6.07, 6.45) is 5.66. The van der Waals surface area contributed by atoms with Crippen LogP contribution in [-0.4, -0.2) is 13.1 Å². The lowest BCUT2D eigenvalue weighted by atomic mass is 9.87. The van der Waals surface area contributed by atoms with Crippen LogP contribution in [0.2, 0.25) is 0 Å². The Hall–Kier alpha value is -2.61. The van der Waals surface area contributed by atoms with Crippen LogP contribution in [0.1, 0.15) is 37.5 Å². The lowest BCUT2D eigenvalue weighted by molar-refractivity contribution is -0.133. The van der Waals surface area contributed by atoms with Crippen LogP contribution in [0.3, 0.4) is 0 Å². The van der Waals surface area contributed by atoms with Crippen LogP contribution < -0.4 is 0 Å². The molecule has 0 unspecified atom stereocenters. The van der Waals surface area contributed by atoms with Gasteiger partial charge in [0.25, 0.3) is 0 Å². The second-order valence-corrected chi connectivity index (χ2v) is 6.67. The van der Waals surface area contributed by atoms with E-state index in [-0.39, 0.29) is 11.4 Å². The molecule has 0 aliphatic carbocycles. The Morgan fingerprint density at radius 2 is 1.58 bits per heavy atom. The zero-order valence-electron chi connectivity index (χ0n) is 14.7. The van der Waals surface area contributed by atoms with Gasteiger partial charge in [-0.2, -0.15) is 0 Å². The van der Waals surface area contributed by atoms with Crippen molar-refractivity contribution >= 4 is 17.6 Å². The van der Waals surface area contributed by atoms with Crippen LogP contribution in [0.25, 0.3) is 11.6 Å². The number of esters is 1. The van der Waals surface area contributed by atoms with Crippen molar-refractivity contribution in [1.82, 2.24) is 0 Å². The Bertz CT molecular complexity index is 730. The first-order valence-corrected chi connectivity index (χ1v) is 8.04. The molecule has 0 saturated heterocycles. The van der Waals surface area contributed by atoms with Gasteiger partial charge >= 0.3 is 5.97 Å². The quantitative estimate of drug-likeness (QED) is 0.437. The van der Waals surface area contributed by atoms with Crippen molar-refractivity contribution in [2.45, 2.75) is 26.2 Å². The van der Waals surface area contributed by atoms with Crippen LogP contribution in [0.5, 0.6) is 0 Å². The highest BCUT2D eigenvalue weighted by atomic mass is 16.5. The Balaban J connectivity index is 2.22. The van der Waals surface area contributed by atoms with E-state index in [9.17, 15) is 4.79 Å². The second kappa shape index (κ2) is 7.78. The zero-order chi connectivity index (χ0) is 17.6. The van der Waals surface area contributed by atoms with Gasteiger partial charge in [-0.05, 0) is 28.2 Å². The van der Waals surface area contributed by atoms with E-state index >= 15 is 0 Å². The summed E-state index contributed by atoms with van der Waals surface area (Å²) in [5, 5.41) is 0. The Morgan fingerprint density at radius 3 is 2.12 bits per heavy atom. The van der Waals surface area contributed by atoms with E-state index in [1.807, 2.05) is 42.5 Å². The minimum atomic E-state index is -0.339. The summed E-state index contributed by atoms with van der Waals surface area (Å²) >= 11 is 0. The fourth-order valence-corrected chi connectivity index (χ4v) is 2.36. The average molecular weight is 320 g/mol. The molecule has 0 bridgehead atoms. The number of methoxy groups -OCH3 is 1. The topological polar surface area (TPSA) is 26.3 Å². The zero-order valence-corrected chi connectivity index (χ0v) is 14.7. The van der Waals surface area contributed by atoms with Gasteiger partial charge in [0.1, 0.15) is 0 Å². The molecule has 2 nitrogen and oxygen atoms in total. The van der Waals surface area contributed by atoms with Gasteiger partial charge < -0.3 is 4.74 Å². The fraction of sp³-hybridized carbons (Fsp3) is 0.227. The fourth-order valence-electron chi connectivity index (χ4n) is 2.36. The molecule has 0 radical (unpaired) electrons. The third-order valence-electron chi connectivity index (χ3n) is 3.82. The number of ether oxygens (including phenoxy) is 1. The summed E-state index contributed by atoms with van der Waals surface area (Å²) in [5.41, 5.74) is 3.93. The van der Waals surface area contributed by atoms with Gasteiger partial charge in [-0.25, -0.2) is 4.79 Å². The molecule has 0 N–H and O–H groups in total. The number of hydrogen-bond acceptors (Lipinski definition) is 2. The minimum Gasteiger partial charge on any atom is -0.465 e. The average Bonchev–Trinajstić information content (AvgIpc) is 2.58. The molecule has 0 amide bonds. The van der Waals surface area contributed by atoms with E-state index in [4.69, 9.17) is 4.74 Å². The highest BCUT2D eigenvalue weighted by molar-refractivity contribution is 6.16. The molecule has 0 aliphatic rings. The van der Waals surface area contributed by atoms with Gasteiger partial charge in [0.05, 0.1) is 12.7 Å². The molecule has 0 aliphatic heterocycles. The van der Waals surface area contributed by atoms with Gasteiger partial charge in [0.2, 0.25) is 0 Å². The highest BCUT2D eigenvalue weighted by Gasteiger charge is 2.12. The lowest BCUT2D eigenvalue weighted by Crippen LogP contribution is -2.10. The monoisotopic (exact) mass is 320 g/mol. The Kier molecular flexibility index (Phi) is 5.75. The van der Waals surface area contributed by atoms with Crippen LogP contribution in [-0.2, 0) is 14.9 Å². The molecule has 2 aromatic rings. The van der Waals surface area contributed by atoms with Gasteiger partial charge in [-0.3, -0.25) is 0 Å². The smallest absolute Gasteiger partial charge is 0.338 e. The van der Waals surface area contributed by atoms with Crippen molar-refractivity contribution in [3.63, 3.8) is 0 Å². The summed E-state index contributed by atoms with van der Waals surface area (Å²) in [6.45, 7) is 6.59. The first kappa shape index (κ1) is 17.7. The largest absolute Gasteiger partial charge is 0.465 e. The van der Waals surface area contributed by atoms with Crippen LogP contribution in [0.4, 0.5) is 0 Å². The van der Waals surface area contributed by atoms with Crippen LogP contribution in [0.15, 0.2) is 66.7 Å². The lowest BCUT2D eigenvalue weighted by Gasteiger charge is -2.18. The SMILES string of the molecule is COC(=O)/C(=C/C=C/c1ccc(C(C)(C)C)cc1)c1ccccc1.